The number of rotatable bonds is 6. The minimum absolute atomic E-state index is 0.530. The van der Waals surface area contributed by atoms with Crippen LogP contribution in [-0.4, -0.2) is 24.7 Å². The monoisotopic (exact) mass is 275 g/mol. The van der Waals surface area contributed by atoms with Gasteiger partial charge in [0, 0.05) is 18.5 Å². The summed E-state index contributed by atoms with van der Waals surface area (Å²) in [6, 6.07) is 0. The van der Waals surface area contributed by atoms with Crippen LogP contribution in [0.5, 0.6) is 0 Å². The SMILES string of the molecule is CCCc1nc(N)c(C)c(NCc2nncn2CC)n1. The van der Waals surface area contributed by atoms with Gasteiger partial charge in [-0.1, -0.05) is 6.92 Å². The summed E-state index contributed by atoms with van der Waals surface area (Å²) in [5.74, 6) is 2.95. The van der Waals surface area contributed by atoms with Gasteiger partial charge in [-0.15, -0.1) is 10.2 Å². The van der Waals surface area contributed by atoms with Crippen LogP contribution in [0.1, 0.15) is 37.5 Å². The fraction of sp³-hybridized carbons (Fsp3) is 0.538. The lowest BCUT2D eigenvalue weighted by Crippen LogP contribution is -2.12. The highest BCUT2D eigenvalue weighted by molar-refractivity contribution is 5.54. The van der Waals surface area contributed by atoms with Gasteiger partial charge in [-0.3, -0.25) is 0 Å². The number of anilines is 2. The molecule has 2 rings (SSSR count). The second-order valence-electron chi connectivity index (χ2n) is 4.64. The van der Waals surface area contributed by atoms with Crippen LogP contribution in [0.2, 0.25) is 0 Å². The number of aromatic nitrogens is 5. The molecule has 0 saturated heterocycles. The van der Waals surface area contributed by atoms with Gasteiger partial charge in [0.05, 0.1) is 6.54 Å². The summed E-state index contributed by atoms with van der Waals surface area (Å²) in [7, 11) is 0. The zero-order valence-corrected chi connectivity index (χ0v) is 12.2. The molecule has 2 heterocycles. The number of aryl methyl sites for hydroxylation is 2. The zero-order valence-electron chi connectivity index (χ0n) is 12.2. The molecule has 0 saturated carbocycles. The lowest BCUT2D eigenvalue weighted by atomic mass is 10.2. The van der Waals surface area contributed by atoms with Crippen molar-refractivity contribution in [3.05, 3.63) is 23.5 Å². The van der Waals surface area contributed by atoms with Gasteiger partial charge in [0.1, 0.15) is 23.8 Å². The van der Waals surface area contributed by atoms with Crippen molar-refractivity contribution in [3.63, 3.8) is 0 Å². The summed E-state index contributed by atoms with van der Waals surface area (Å²) in [6.45, 7) is 7.47. The van der Waals surface area contributed by atoms with Crippen molar-refractivity contribution in [2.75, 3.05) is 11.1 Å². The fourth-order valence-corrected chi connectivity index (χ4v) is 1.93. The molecule has 0 atom stereocenters. The van der Waals surface area contributed by atoms with E-state index in [1.807, 2.05) is 11.5 Å². The van der Waals surface area contributed by atoms with Crippen molar-refractivity contribution in [1.29, 1.82) is 0 Å². The Morgan fingerprint density at radius 1 is 1.30 bits per heavy atom. The number of nitrogens with one attached hydrogen (secondary N) is 1. The van der Waals surface area contributed by atoms with Gasteiger partial charge in [-0.05, 0) is 20.3 Å². The summed E-state index contributed by atoms with van der Waals surface area (Å²) in [6.07, 6.45) is 3.54. The smallest absolute Gasteiger partial charge is 0.152 e. The third-order valence-electron chi connectivity index (χ3n) is 3.15. The predicted molar refractivity (Wildman–Crippen MR) is 78.2 cm³/mol. The third-order valence-corrected chi connectivity index (χ3v) is 3.15. The summed E-state index contributed by atoms with van der Waals surface area (Å²) < 4.78 is 1.99. The highest BCUT2D eigenvalue weighted by Gasteiger charge is 2.09. The van der Waals surface area contributed by atoms with E-state index in [9.17, 15) is 0 Å². The number of hydrogen-bond donors (Lipinski definition) is 2. The highest BCUT2D eigenvalue weighted by Crippen LogP contribution is 2.18. The predicted octanol–water partition coefficient (Wildman–Crippen LogP) is 1.54. The Hall–Kier alpha value is -2.18. The zero-order chi connectivity index (χ0) is 14.5. The molecule has 0 fully saturated rings. The minimum Gasteiger partial charge on any atom is -0.383 e. The Kier molecular flexibility index (Phi) is 4.49. The van der Waals surface area contributed by atoms with Crippen LogP contribution in [0, 0.1) is 6.92 Å². The van der Waals surface area contributed by atoms with E-state index in [4.69, 9.17) is 5.73 Å². The fourth-order valence-electron chi connectivity index (χ4n) is 1.93. The number of nitrogens with zero attached hydrogens (tertiary/aromatic N) is 5. The van der Waals surface area contributed by atoms with Crippen LogP contribution in [0.3, 0.4) is 0 Å². The molecular weight excluding hydrogens is 254 g/mol. The molecule has 0 spiro atoms. The van der Waals surface area contributed by atoms with Crippen molar-refractivity contribution < 1.29 is 0 Å². The molecule has 108 valence electrons. The topological polar surface area (TPSA) is 94.5 Å². The molecule has 0 aliphatic carbocycles. The highest BCUT2D eigenvalue weighted by atomic mass is 15.3. The average Bonchev–Trinajstić information content (AvgIpc) is 2.89. The molecule has 7 nitrogen and oxygen atoms in total. The molecule has 2 aromatic heterocycles. The van der Waals surface area contributed by atoms with Crippen molar-refractivity contribution in [2.24, 2.45) is 0 Å². The summed E-state index contributed by atoms with van der Waals surface area (Å²) in [5, 5.41) is 11.3. The van der Waals surface area contributed by atoms with E-state index in [1.54, 1.807) is 6.33 Å². The first-order valence-electron chi connectivity index (χ1n) is 6.89. The summed E-state index contributed by atoms with van der Waals surface area (Å²) >= 11 is 0. The first kappa shape index (κ1) is 14.2. The lowest BCUT2D eigenvalue weighted by Gasteiger charge is -2.11. The van der Waals surface area contributed by atoms with Crippen LogP contribution in [0.15, 0.2) is 6.33 Å². The molecule has 0 unspecified atom stereocenters. The van der Waals surface area contributed by atoms with Crippen molar-refractivity contribution in [1.82, 2.24) is 24.7 Å². The first-order chi connectivity index (χ1) is 9.65. The van der Waals surface area contributed by atoms with Gasteiger partial charge in [0.2, 0.25) is 0 Å². The standard InChI is InChI=1S/C13H21N7/c1-4-6-10-17-12(14)9(3)13(18-10)15-7-11-19-16-8-20(11)5-2/h8H,4-7H2,1-3H3,(H3,14,15,17,18). The van der Waals surface area contributed by atoms with E-state index in [0.29, 0.717) is 12.4 Å². The van der Waals surface area contributed by atoms with E-state index >= 15 is 0 Å². The Morgan fingerprint density at radius 2 is 2.10 bits per heavy atom. The van der Waals surface area contributed by atoms with Crippen molar-refractivity contribution in [3.8, 4) is 0 Å². The average molecular weight is 275 g/mol. The van der Waals surface area contributed by atoms with Gasteiger partial charge in [0.15, 0.2) is 5.82 Å². The van der Waals surface area contributed by atoms with Gasteiger partial charge < -0.3 is 15.6 Å². The van der Waals surface area contributed by atoms with Crippen LogP contribution in [0.25, 0.3) is 0 Å². The molecule has 0 radical (unpaired) electrons. The maximum Gasteiger partial charge on any atom is 0.152 e. The van der Waals surface area contributed by atoms with Gasteiger partial charge >= 0.3 is 0 Å². The normalized spacial score (nSPS) is 10.8. The van der Waals surface area contributed by atoms with E-state index in [1.165, 1.54) is 0 Å². The molecule has 0 aliphatic rings. The third kappa shape index (κ3) is 3.04. The van der Waals surface area contributed by atoms with E-state index in [2.05, 4.69) is 39.3 Å². The van der Waals surface area contributed by atoms with E-state index in [-0.39, 0.29) is 0 Å². The Morgan fingerprint density at radius 3 is 2.80 bits per heavy atom. The summed E-state index contributed by atoms with van der Waals surface area (Å²) in [5.41, 5.74) is 6.80. The summed E-state index contributed by atoms with van der Waals surface area (Å²) in [4.78, 5) is 8.81. The van der Waals surface area contributed by atoms with Gasteiger partial charge in [-0.2, -0.15) is 0 Å². The number of hydrogen-bond acceptors (Lipinski definition) is 6. The molecular formula is C13H21N7. The second-order valence-corrected chi connectivity index (χ2v) is 4.64. The molecule has 0 bridgehead atoms. The van der Waals surface area contributed by atoms with Crippen molar-refractivity contribution >= 4 is 11.6 Å². The van der Waals surface area contributed by atoms with E-state index in [0.717, 1.165) is 42.4 Å². The Balaban J connectivity index is 2.16. The van der Waals surface area contributed by atoms with Crippen LogP contribution in [0.4, 0.5) is 11.6 Å². The maximum atomic E-state index is 5.93. The molecule has 20 heavy (non-hydrogen) atoms. The largest absolute Gasteiger partial charge is 0.383 e. The van der Waals surface area contributed by atoms with Crippen molar-refractivity contribution in [2.45, 2.75) is 46.7 Å². The minimum atomic E-state index is 0.530. The van der Waals surface area contributed by atoms with E-state index < -0.39 is 0 Å². The number of nitrogen functional groups attached to an aromatic ring is 1. The van der Waals surface area contributed by atoms with Gasteiger partial charge in [0.25, 0.3) is 0 Å². The lowest BCUT2D eigenvalue weighted by molar-refractivity contribution is 0.706. The number of nitrogens with two attached hydrogens (primary N) is 1. The molecule has 2 aromatic rings. The molecule has 0 aliphatic heterocycles. The molecule has 0 aromatic carbocycles. The maximum absolute atomic E-state index is 5.93. The molecule has 0 amide bonds. The molecule has 7 heteroatoms. The van der Waals surface area contributed by atoms with Crippen LogP contribution < -0.4 is 11.1 Å². The first-order valence-corrected chi connectivity index (χ1v) is 6.89. The molecule has 3 N–H and O–H groups in total. The quantitative estimate of drug-likeness (QED) is 0.830. The Labute approximate surface area is 118 Å². The van der Waals surface area contributed by atoms with Gasteiger partial charge in [-0.25, -0.2) is 9.97 Å². The van der Waals surface area contributed by atoms with Crippen LogP contribution in [-0.2, 0) is 19.5 Å². The second kappa shape index (κ2) is 6.31. The van der Waals surface area contributed by atoms with Crippen LogP contribution >= 0.6 is 0 Å². The Bertz CT molecular complexity index is 576.